The molecule has 1 saturated heterocycles. The SMILES string of the molecule is O=C1C(=O)N(c2ccc3c(c2)OCO3)C(c2ccccc2)/C1=C(/O)c1ccc2c(c1)CCCO2. The Kier molecular flexibility index (Phi) is 4.76. The maximum absolute atomic E-state index is 13.3. The average molecular weight is 455 g/mol. The van der Waals surface area contributed by atoms with Crippen LogP contribution in [0.25, 0.3) is 5.76 Å². The van der Waals surface area contributed by atoms with Gasteiger partial charge < -0.3 is 19.3 Å². The van der Waals surface area contributed by atoms with Crippen molar-refractivity contribution in [2.24, 2.45) is 0 Å². The molecule has 3 aliphatic rings. The molecule has 0 spiro atoms. The van der Waals surface area contributed by atoms with Crippen LogP contribution >= 0.6 is 0 Å². The minimum absolute atomic E-state index is 0.0468. The van der Waals surface area contributed by atoms with Crippen molar-refractivity contribution in [3.63, 3.8) is 0 Å². The van der Waals surface area contributed by atoms with Gasteiger partial charge in [-0.1, -0.05) is 30.3 Å². The average Bonchev–Trinajstić information content (AvgIpc) is 3.45. The quantitative estimate of drug-likeness (QED) is 0.359. The highest BCUT2D eigenvalue weighted by atomic mass is 16.7. The Morgan fingerprint density at radius 1 is 0.882 bits per heavy atom. The zero-order chi connectivity index (χ0) is 23.2. The number of amides is 1. The Bertz CT molecular complexity index is 1350. The van der Waals surface area contributed by atoms with E-state index >= 15 is 0 Å². The molecule has 3 aromatic carbocycles. The van der Waals surface area contributed by atoms with E-state index in [0.717, 1.165) is 24.2 Å². The maximum Gasteiger partial charge on any atom is 0.300 e. The van der Waals surface area contributed by atoms with Gasteiger partial charge in [-0.3, -0.25) is 14.5 Å². The predicted octanol–water partition coefficient (Wildman–Crippen LogP) is 4.37. The van der Waals surface area contributed by atoms with Crippen LogP contribution in [0.2, 0.25) is 0 Å². The molecule has 1 N–H and O–H groups in total. The second kappa shape index (κ2) is 7.95. The van der Waals surface area contributed by atoms with Crippen LogP contribution in [-0.2, 0) is 16.0 Å². The molecule has 3 heterocycles. The van der Waals surface area contributed by atoms with Crippen LogP contribution in [-0.4, -0.2) is 30.2 Å². The van der Waals surface area contributed by atoms with Gasteiger partial charge in [0.05, 0.1) is 18.2 Å². The van der Waals surface area contributed by atoms with Gasteiger partial charge in [0.25, 0.3) is 11.7 Å². The number of hydrogen-bond acceptors (Lipinski definition) is 6. The number of carbonyl (C=O) groups is 2. The van der Waals surface area contributed by atoms with Crippen molar-refractivity contribution in [1.29, 1.82) is 0 Å². The van der Waals surface area contributed by atoms with Crippen LogP contribution in [0.5, 0.6) is 17.2 Å². The van der Waals surface area contributed by atoms with E-state index in [-0.39, 0.29) is 18.1 Å². The van der Waals surface area contributed by atoms with E-state index in [9.17, 15) is 14.7 Å². The molecule has 6 rings (SSSR count). The predicted molar refractivity (Wildman–Crippen MR) is 124 cm³/mol. The molecule has 1 unspecified atom stereocenters. The topological polar surface area (TPSA) is 85.3 Å². The summed E-state index contributed by atoms with van der Waals surface area (Å²) in [4.78, 5) is 28.0. The van der Waals surface area contributed by atoms with Crippen molar-refractivity contribution < 1.29 is 28.9 Å². The van der Waals surface area contributed by atoms with E-state index in [1.807, 2.05) is 36.4 Å². The molecular formula is C27H21NO6. The van der Waals surface area contributed by atoms with Gasteiger partial charge in [-0.15, -0.1) is 0 Å². The van der Waals surface area contributed by atoms with Crippen molar-refractivity contribution in [2.45, 2.75) is 18.9 Å². The number of nitrogens with zero attached hydrogens (tertiary/aromatic N) is 1. The molecule has 34 heavy (non-hydrogen) atoms. The van der Waals surface area contributed by atoms with E-state index < -0.39 is 17.7 Å². The summed E-state index contributed by atoms with van der Waals surface area (Å²) in [6, 6.07) is 18.9. The van der Waals surface area contributed by atoms with E-state index in [2.05, 4.69) is 0 Å². The van der Waals surface area contributed by atoms with Gasteiger partial charge in [-0.05, 0) is 54.3 Å². The highest BCUT2D eigenvalue weighted by Crippen LogP contribution is 2.45. The van der Waals surface area contributed by atoms with Crippen LogP contribution in [0.15, 0.2) is 72.3 Å². The molecule has 1 amide bonds. The molecule has 170 valence electrons. The first-order valence-corrected chi connectivity index (χ1v) is 11.1. The number of aliphatic hydroxyl groups is 1. The zero-order valence-electron chi connectivity index (χ0n) is 18.2. The molecular weight excluding hydrogens is 434 g/mol. The van der Waals surface area contributed by atoms with E-state index in [1.165, 1.54) is 4.90 Å². The van der Waals surface area contributed by atoms with Crippen LogP contribution in [0.1, 0.15) is 29.2 Å². The van der Waals surface area contributed by atoms with Gasteiger partial charge >= 0.3 is 0 Å². The normalized spacial score (nSPS) is 20.2. The summed E-state index contributed by atoms with van der Waals surface area (Å²) in [5.74, 6) is 0.203. The Morgan fingerprint density at radius 3 is 2.53 bits per heavy atom. The third kappa shape index (κ3) is 3.20. The summed E-state index contributed by atoms with van der Waals surface area (Å²) < 4.78 is 16.5. The van der Waals surface area contributed by atoms with Crippen LogP contribution in [0.3, 0.4) is 0 Å². The molecule has 1 atom stereocenters. The fourth-order valence-corrected chi connectivity index (χ4v) is 4.75. The summed E-state index contributed by atoms with van der Waals surface area (Å²) in [5.41, 5.74) is 2.69. The van der Waals surface area contributed by atoms with E-state index in [0.29, 0.717) is 34.9 Å². The molecule has 0 radical (unpaired) electrons. The lowest BCUT2D eigenvalue weighted by Crippen LogP contribution is -2.29. The van der Waals surface area contributed by atoms with Crippen molar-refractivity contribution >= 4 is 23.1 Å². The smallest absolute Gasteiger partial charge is 0.300 e. The second-order valence-electron chi connectivity index (χ2n) is 8.39. The van der Waals surface area contributed by atoms with Crippen LogP contribution in [0, 0.1) is 0 Å². The number of benzene rings is 3. The van der Waals surface area contributed by atoms with Gasteiger partial charge in [0.1, 0.15) is 11.5 Å². The third-order valence-electron chi connectivity index (χ3n) is 6.38. The van der Waals surface area contributed by atoms with Crippen LogP contribution < -0.4 is 19.1 Å². The zero-order valence-corrected chi connectivity index (χ0v) is 18.2. The molecule has 0 aliphatic carbocycles. The van der Waals surface area contributed by atoms with Gasteiger partial charge in [0.2, 0.25) is 6.79 Å². The molecule has 0 bridgehead atoms. The number of hydrogen-bond donors (Lipinski definition) is 1. The molecule has 7 nitrogen and oxygen atoms in total. The molecule has 7 heteroatoms. The highest BCUT2D eigenvalue weighted by molar-refractivity contribution is 6.51. The maximum atomic E-state index is 13.3. The van der Waals surface area contributed by atoms with E-state index in [1.54, 1.807) is 30.3 Å². The first-order valence-electron chi connectivity index (χ1n) is 11.1. The lowest BCUT2D eigenvalue weighted by Gasteiger charge is -2.25. The van der Waals surface area contributed by atoms with Gasteiger partial charge in [0, 0.05) is 17.3 Å². The molecule has 3 aliphatic heterocycles. The first kappa shape index (κ1) is 20.4. The fourth-order valence-electron chi connectivity index (χ4n) is 4.75. The summed E-state index contributed by atoms with van der Waals surface area (Å²) >= 11 is 0. The Hall–Kier alpha value is -4.26. The first-order chi connectivity index (χ1) is 16.6. The number of carbonyl (C=O) groups excluding carboxylic acids is 2. The van der Waals surface area contributed by atoms with Crippen LogP contribution in [0.4, 0.5) is 5.69 Å². The van der Waals surface area contributed by atoms with E-state index in [4.69, 9.17) is 14.2 Å². The standard InChI is InChI=1S/C27H21NO6/c29-25(18-8-10-20-17(13-18)7-4-12-32-20)23-24(16-5-2-1-3-6-16)28(27(31)26(23)30)19-9-11-21-22(14-19)34-15-33-21/h1-3,5-6,8-11,13-14,24,29H,4,7,12,15H2/b25-23-. The molecule has 0 aromatic heterocycles. The minimum Gasteiger partial charge on any atom is -0.507 e. The number of ether oxygens (including phenoxy) is 3. The van der Waals surface area contributed by atoms with Gasteiger partial charge in [0.15, 0.2) is 11.5 Å². The second-order valence-corrected chi connectivity index (χ2v) is 8.39. The van der Waals surface area contributed by atoms with Crippen molar-refractivity contribution in [2.75, 3.05) is 18.3 Å². The van der Waals surface area contributed by atoms with Crippen molar-refractivity contribution in [1.82, 2.24) is 0 Å². The van der Waals surface area contributed by atoms with Gasteiger partial charge in [-0.25, -0.2) is 0 Å². The number of fused-ring (bicyclic) bond motifs is 2. The summed E-state index contributed by atoms with van der Waals surface area (Å²) in [6.07, 6.45) is 1.71. The summed E-state index contributed by atoms with van der Waals surface area (Å²) in [6.45, 7) is 0.759. The molecule has 3 aromatic rings. The number of Topliss-reactive ketones (excluding diaryl/α,β-unsaturated/α-hetero) is 1. The highest BCUT2D eigenvalue weighted by Gasteiger charge is 2.47. The van der Waals surface area contributed by atoms with Crippen molar-refractivity contribution in [3.8, 4) is 17.2 Å². The van der Waals surface area contributed by atoms with Crippen molar-refractivity contribution in [3.05, 3.63) is 89.0 Å². The number of aryl methyl sites for hydroxylation is 1. The van der Waals surface area contributed by atoms with Gasteiger partial charge in [-0.2, -0.15) is 0 Å². The molecule has 1 fully saturated rings. The number of rotatable bonds is 3. The third-order valence-corrected chi connectivity index (χ3v) is 6.38. The Balaban J connectivity index is 1.51. The minimum atomic E-state index is -0.797. The fraction of sp³-hybridized carbons (Fsp3) is 0.185. The number of ketones is 1. The largest absolute Gasteiger partial charge is 0.507 e. The monoisotopic (exact) mass is 455 g/mol. The number of aliphatic hydroxyl groups excluding tert-OH is 1. The summed E-state index contributed by atoms with van der Waals surface area (Å²) in [5, 5.41) is 11.4. The Morgan fingerprint density at radius 2 is 1.68 bits per heavy atom. The Labute approximate surface area is 195 Å². The molecule has 0 saturated carbocycles. The summed E-state index contributed by atoms with van der Waals surface area (Å²) in [7, 11) is 0. The lowest BCUT2D eigenvalue weighted by atomic mass is 9.94. The lowest BCUT2D eigenvalue weighted by molar-refractivity contribution is -0.132. The number of anilines is 1.